The number of sulfonamides is 1. The Morgan fingerprint density at radius 3 is 2.67 bits per heavy atom. The van der Waals surface area contributed by atoms with E-state index in [-0.39, 0.29) is 5.25 Å². The molecular formula is C15H22N6O2S. The molecule has 0 bridgehead atoms. The lowest BCUT2D eigenvalue weighted by Gasteiger charge is -2.42. The molecule has 1 saturated heterocycles. The van der Waals surface area contributed by atoms with E-state index >= 15 is 0 Å². The molecule has 0 spiro atoms. The number of nitrogens with zero attached hydrogens (tertiary/aromatic N) is 6. The fourth-order valence-corrected chi connectivity index (χ4v) is 4.99. The molecule has 1 saturated carbocycles. The van der Waals surface area contributed by atoms with Gasteiger partial charge in [0.25, 0.3) is 5.78 Å². The maximum Gasteiger partial charge on any atom is 0.254 e. The molecule has 0 amide bonds. The molecule has 0 atom stereocenters. The zero-order valence-electron chi connectivity index (χ0n) is 14.2. The largest absolute Gasteiger partial charge is 0.355 e. The van der Waals surface area contributed by atoms with Gasteiger partial charge in [0.2, 0.25) is 10.0 Å². The SMILES string of the molecule is Cc1nc2ncnn2c(N2CC(CN(C)S(=O)(=O)C3CC3)C2)c1C. The quantitative estimate of drug-likeness (QED) is 0.785. The number of anilines is 1. The predicted octanol–water partition coefficient (Wildman–Crippen LogP) is 0.601. The van der Waals surface area contributed by atoms with Crippen LogP contribution in [0, 0.1) is 19.8 Å². The van der Waals surface area contributed by atoms with Gasteiger partial charge in [-0.25, -0.2) is 17.7 Å². The first-order valence-corrected chi connectivity index (χ1v) is 9.75. The predicted molar refractivity (Wildman–Crippen MR) is 90.5 cm³/mol. The third-order valence-electron chi connectivity index (χ3n) is 5.03. The van der Waals surface area contributed by atoms with Crippen molar-refractivity contribution in [3.8, 4) is 0 Å². The van der Waals surface area contributed by atoms with Crippen molar-refractivity contribution in [2.45, 2.75) is 31.9 Å². The van der Waals surface area contributed by atoms with Gasteiger partial charge in [0.05, 0.1) is 5.25 Å². The Bertz CT molecular complexity index is 883. The molecule has 130 valence electrons. The summed E-state index contributed by atoms with van der Waals surface area (Å²) in [6.45, 7) is 6.24. The molecule has 2 aliphatic rings. The van der Waals surface area contributed by atoms with Gasteiger partial charge < -0.3 is 4.90 Å². The summed E-state index contributed by atoms with van der Waals surface area (Å²) >= 11 is 0. The number of hydrogen-bond donors (Lipinski definition) is 0. The van der Waals surface area contributed by atoms with Crippen LogP contribution in [0.1, 0.15) is 24.1 Å². The number of rotatable bonds is 5. The normalized spacial score (nSPS) is 19.2. The minimum atomic E-state index is -3.08. The van der Waals surface area contributed by atoms with Crippen molar-refractivity contribution in [1.82, 2.24) is 23.9 Å². The monoisotopic (exact) mass is 350 g/mol. The molecular weight excluding hydrogens is 328 g/mol. The molecule has 3 heterocycles. The van der Waals surface area contributed by atoms with E-state index in [2.05, 4.69) is 20.0 Å². The van der Waals surface area contributed by atoms with Crippen LogP contribution in [0.15, 0.2) is 6.33 Å². The third-order valence-corrected chi connectivity index (χ3v) is 7.36. The zero-order valence-corrected chi connectivity index (χ0v) is 15.0. The summed E-state index contributed by atoms with van der Waals surface area (Å²) in [6, 6.07) is 0. The summed E-state index contributed by atoms with van der Waals surface area (Å²) in [6.07, 6.45) is 3.13. The third kappa shape index (κ3) is 2.46. The van der Waals surface area contributed by atoms with Crippen LogP contribution in [0.25, 0.3) is 5.78 Å². The molecule has 24 heavy (non-hydrogen) atoms. The minimum absolute atomic E-state index is 0.140. The van der Waals surface area contributed by atoms with Gasteiger partial charge in [-0.15, -0.1) is 0 Å². The Morgan fingerprint density at radius 1 is 1.29 bits per heavy atom. The molecule has 2 aromatic heterocycles. The second-order valence-corrected chi connectivity index (χ2v) is 9.23. The summed E-state index contributed by atoms with van der Waals surface area (Å²) < 4.78 is 27.8. The van der Waals surface area contributed by atoms with Crippen molar-refractivity contribution in [2.75, 3.05) is 31.6 Å². The first kappa shape index (κ1) is 15.8. The Kier molecular flexibility index (Phi) is 3.54. The highest BCUT2D eigenvalue weighted by Gasteiger charge is 2.40. The second kappa shape index (κ2) is 5.38. The highest BCUT2D eigenvalue weighted by Crippen LogP contribution is 2.33. The molecule has 1 aliphatic carbocycles. The zero-order chi connectivity index (χ0) is 17.1. The van der Waals surface area contributed by atoms with Crippen molar-refractivity contribution in [3.63, 3.8) is 0 Å². The molecule has 8 nitrogen and oxygen atoms in total. The van der Waals surface area contributed by atoms with Gasteiger partial charge in [-0.05, 0) is 26.7 Å². The summed E-state index contributed by atoms with van der Waals surface area (Å²) in [5.74, 6) is 1.96. The van der Waals surface area contributed by atoms with Crippen LogP contribution in [0.5, 0.6) is 0 Å². The number of hydrogen-bond acceptors (Lipinski definition) is 6. The van der Waals surface area contributed by atoms with Crippen LogP contribution in [0.3, 0.4) is 0 Å². The summed E-state index contributed by atoms with van der Waals surface area (Å²) in [4.78, 5) is 10.8. The van der Waals surface area contributed by atoms with Crippen LogP contribution in [0.4, 0.5) is 5.82 Å². The van der Waals surface area contributed by atoms with Crippen LogP contribution < -0.4 is 4.90 Å². The molecule has 0 aromatic carbocycles. The van der Waals surface area contributed by atoms with Crippen molar-refractivity contribution >= 4 is 21.6 Å². The number of fused-ring (bicyclic) bond motifs is 1. The van der Waals surface area contributed by atoms with Crippen molar-refractivity contribution < 1.29 is 8.42 Å². The van der Waals surface area contributed by atoms with E-state index in [0.29, 0.717) is 18.2 Å². The molecule has 0 unspecified atom stereocenters. The molecule has 1 aliphatic heterocycles. The summed E-state index contributed by atoms with van der Waals surface area (Å²) in [7, 11) is -1.38. The van der Waals surface area contributed by atoms with E-state index in [1.807, 2.05) is 13.8 Å². The average molecular weight is 350 g/mol. The van der Waals surface area contributed by atoms with E-state index < -0.39 is 10.0 Å². The number of aromatic nitrogens is 4. The van der Waals surface area contributed by atoms with Crippen LogP contribution in [-0.4, -0.2) is 64.2 Å². The van der Waals surface area contributed by atoms with Gasteiger partial charge in [0.1, 0.15) is 12.1 Å². The van der Waals surface area contributed by atoms with Gasteiger partial charge in [0.15, 0.2) is 0 Å². The first-order chi connectivity index (χ1) is 11.4. The van der Waals surface area contributed by atoms with Gasteiger partial charge in [-0.2, -0.15) is 14.6 Å². The highest BCUT2D eigenvalue weighted by molar-refractivity contribution is 7.90. The van der Waals surface area contributed by atoms with Crippen molar-refractivity contribution in [2.24, 2.45) is 5.92 Å². The fourth-order valence-electron chi connectivity index (χ4n) is 3.33. The number of aryl methyl sites for hydroxylation is 1. The van der Waals surface area contributed by atoms with E-state index in [9.17, 15) is 8.42 Å². The molecule has 0 N–H and O–H groups in total. The van der Waals surface area contributed by atoms with E-state index in [1.54, 1.807) is 15.9 Å². The smallest absolute Gasteiger partial charge is 0.254 e. The average Bonchev–Trinajstić information content (AvgIpc) is 3.26. The van der Waals surface area contributed by atoms with E-state index in [4.69, 9.17) is 0 Å². The summed E-state index contributed by atoms with van der Waals surface area (Å²) in [5, 5.41) is 4.14. The van der Waals surface area contributed by atoms with Crippen LogP contribution in [-0.2, 0) is 10.0 Å². The molecule has 4 rings (SSSR count). The molecule has 2 aromatic rings. The van der Waals surface area contributed by atoms with Gasteiger partial charge in [-0.1, -0.05) is 0 Å². The van der Waals surface area contributed by atoms with Crippen molar-refractivity contribution in [3.05, 3.63) is 17.6 Å². The molecule has 9 heteroatoms. The van der Waals surface area contributed by atoms with E-state index in [0.717, 1.165) is 43.0 Å². The highest BCUT2D eigenvalue weighted by atomic mass is 32.2. The van der Waals surface area contributed by atoms with Crippen LogP contribution in [0.2, 0.25) is 0 Å². The van der Waals surface area contributed by atoms with Gasteiger partial charge in [-0.3, -0.25) is 0 Å². The van der Waals surface area contributed by atoms with E-state index in [1.165, 1.54) is 6.33 Å². The van der Waals surface area contributed by atoms with Crippen LogP contribution >= 0.6 is 0 Å². The lowest BCUT2D eigenvalue weighted by atomic mass is 9.99. The first-order valence-electron chi connectivity index (χ1n) is 8.25. The van der Waals surface area contributed by atoms with Gasteiger partial charge in [0, 0.05) is 43.9 Å². The maximum absolute atomic E-state index is 12.2. The fraction of sp³-hybridized carbons (Fsp3) is 0.667. The maximum atomic E-state index is 12.2. The Balaban J connectivity index is 1.48. The lowest BCUT2D eigenvalue weighted by Crippen LogP contribution is -2.53. The second-order valence-electron chi connectivity index (χ2n) is 6.91. The topological polar surface area (TPSA) is 83.7 Å². The van der Waals surface area contributed by atoms with Gasteiger partial charge >= 0.3 is 0 Å². The Morgan fingerprint density at radius 2 is 2.00 bits per heavy atom. The lowest BCUT2D eigenvalue weighted by molar-refractivity contribution is 0.324. The minimum Gasteiger partial charge on any atom is -0.355 e. The molecule has 0 radical (unpaired) electrons. The Labute approximate surface area is 141 Å². The van der Waals surface area contributed by atoms with Crippen molar-refractivity contribution in [1.29, 1.82) is 0 Å². The standard InChI is InChI=1S/C15H22N6O2S/c1-10-11(2)18-15-16-9-17-21(15)14(10)20-7-12(8-20)6-19(3)24(22,23)13-4-5-13/h9,12-13H,4-8H2,1-3H3. The molecule has 2 fully saturated rings. The Hall–Kier alpha value is -1.74. The summed E-state index contributed by atoms with van der Waals surface area (Å²) in [5.41, 5.74) is 2.03.